The number of rotatable bonds is 8. The number of amides is 1. The average Bonchev–Trinajstić information content (AvgIpc) is 3.32. The van der Waals surface area contributed by atoms with Crippen LogP contribution in [-0.2, 0) is 17.8 Å². The third-order valence-electron chi connectivity index (χ3n) is 6.68. The maximum Gasteiger partial charge on any atom is 0.237 e. The van der Waals surface area contributed by atoms with Gasteiger partial charge in [-0.3, -0.25) is 9.69 Å². The zero-order valence-corrected chi connectivity index (χ0v) is 19.2. The van der Waals surface area contributed by atoms with E-state index in [4.69, 9.17) is 0 Å². The lowest BCUT2D eigenvalue weighted by molar-refractivity contribution is -0.136. The van der Waals surface area contributed by atoms with E-state index in [0.29, 0.717) is 19.1 Å². The van der Waals surface area contributed by atoms with Crippen molar-refractivity contribution in [2.24, 2.45) is 0 Å². The van der Waals surface area contributed by atoms with Gasteiger partial charge in [0.2, 0.25) is 5.91 Å². The lowest BCUT2D eigenvalue weighted by atomic mass is 9.93. The third-order valence-corrected chi connectivity index (χ3v) is 7.62. The summed E-state index contributed by atoms with van der Waals surface area (Å²) in [6, 6.07) is 11.3. The zero-order chi connectivity index (χ0) is 21.5. The van der Waals surface area contributed by atoms with Crippen LogP contribution in [0.5, 0.6) is 0 Å². The fraction of sp³-hybridized carbons (Fsp3) is 0.560. The molecule has 1 saturated heterocycles. The van der Waals surface area contributed by atoms with Gasteiger partial charge in [-0.2, -0.15) is 0 Å². The third kappa shape index (κ3) is 6.61. The summed E-state index contributed by atoms with van der Waals surface area (Å²) in [4.78, 5) is 21.7. The highest BCUT2D eigenvalue weighted by Crippen LogP contribution is 2.25. The van der Waals surface area contributed by atoms with Crippen LogP contribution in [0.2, 0.25) is 0 Å². The second-order valence-electron chi connectivity index (χ2n) is 8.89. The highest BCUT2D eigenvalue weighted by atomic mass is 32.1. The molecule has 1 amide bonds. The van der Waals surface area contributed by atoms with Gasteiger partial charge in [0.1, 0.15) is 5.82 Å². The normalized spacial score (nSPS) is 18.9. The van der Waals surface area contributed by atoms with Crippen LogP contribution in [0.25, 0.3) is 0 Å². The summed E-state index contributed by atoms with van der Waals surface area (Å²) >= 11 is 1.83. The monoisotopic (exact) mass is 443 g/mol. The van der Waals surface area contributed by atoms with Crippen molar-refractivity contribution in [3.8, 4) is 0 Å². The number of thiophene rings is 1. The van der Waals surface area contributed by atoms with Crippen molar-refractivity contribution in [1.29, 1.82) is 0 Å². The minimum absolute atomic E-state index is 0.225. The minimum Gasteiger partial charge on any atom is -0.334 e. The molecule has 0 unspecified atom stereocenters. The minimum atomic E-state index is -0.226. The molecule has 1 aromatic carbocycles. The zero-order valence-electron chi connectivity index (χ0n) is 18.3. The molecule has 0 atom stereocenters. The molecule has 6 heteroatoms. The molecule has 168 valence electrons. The number of piperazine rings is 1. The summed E-state index contributed by atoms with van der Waals surface area (Å²) in [6.07, 6.45) is 6.95. The van der Waals surface area contributed by atoms with E-state index in [9.17, 15) is 9.18 Å². The second-order valence-corrected chi connectivity index (χ2v) is 9.92. The molecular formula is C25H34FN3OS. The largest absolute Gasteiger partial charge is 0.334 e. The van der Waals surface area contributed by atoms with E-state index < -0.39 is 0 Å². The molecule has 2 heterocycles. The molecule has 1 aliphatic heterocycles. The highest BCUT2D eigenvalue weighted by Gasteiger charge is 2.28. The summed E-state index contributed by atoms with van der Waals surface area (Å²) in [6.45, 7) is 6.14. The van der Waals surface area contributed by atoms with Crippen molar-refractivity contribution >= 4 is 17.2 Å². The quantitative estimate of drug-likeness (QED) is 0.605. The Labute approximate surface area is 189 Å². The molecular weight excluding hydrogens is 409 g/mol. The topological polar surface area (TPSA) is 26.8 Å². The predicted octanol–water partition coefficient (Wildman–Crippen LogP) is 4.41. The number of nitrogens with zero attached hydrogens (tertiary/aromatic N) is 3. The van der Waals surface area contributed by atoms with E-state index in [1.54, 1.807) is 0 Å². The maximum atomic E-state index is 13.3. The smallest absolute Gasteiger partial charge is 0.237 e. The second kappa shape index (κ2) is 11.2. The van der Waals surface area contributed by atoms with Crippen molar-refractivity contribution < 1.29 is 9.18 Å². The standard InChI is InChI=1S/C25H34FN3OS/c26-22-10-8-21(9-11-22)19-29(23-5-2-1-3-6-23)25(30)20-28-16-14-27(15-17-28)13-12-24-7-4-18-31-24/h4,7-11,18,23H,1-3,5-6,12-17,19-20H2. The van der Waals surface area contributed by atoms with Crippen LogP contribution >= 0.6 is 11.3 Å². The van der Waals surface area contributed by atoms with Crippen molar-refractivity contribution in [2.75, 3.05) is 39.3 Å². The first-order valence-electron chi connectivity index (χ1n) is 11.7. The SMILES string of the molecule is O=C(CN1CCN(CCc2cccs2)CC1)N(Cc1ccc(F)cc1)C1CCCCC1. The molecule has 1 aliphatic carbocycles. The molecule has 0 bridgehead atoms. The van der Waals surface area contributed by atoms with Gasteiger partial charge in [0.05, 0.1) is 6.54 Å². The van der Waals surface area contributed by atoms with Crippen molar-refractivity contribution in [2.45, 2.75) is 51.1 Å². The summed E-state index contributed by atoms with van der Waals surface area (Å²) in [5, 5.41) is 2.14. The fourth-order valence-corrected chi connectivity index (χ4v) is 5.47. The van der Waals surface area contributed by atoms with Gasteiger partial charge in [-0.25, -0.2) is 4.39 Å². The summed E-state index contributed by atoms with van der Waals surface area (Å²) < 4.78 is 13.3. The predicted molar refractivity (Wildman–Crippen MR) is 125 cm³/mol. The Bertz CT molecular complexity index is 797. The molecule has 0 radical (unpaired) electrons. The van der Waals surface area contributed by atoms with Gasteiger partial charge >= 0.3 is 0 Å². The molecule has 2 aliphatic rings. The van der Waals surface area contributed by atoms with E-state index in [1.165, 1.54) is 36.3 Å². The van der Waals surface area contributed by atoms with E-state index >= 15 is 0 Å². The Kier molecular flexibility index (Phi) is 8.11. The number of carbonyl (C=O) groups excluding carboxylic acids is 1. The van der Waals surface area contributed by atoms with Gasteiger partial charge in [0.25, 0.3) is 0 Å². The van der Waals surface area contributed by atoms with Crippen LogP contribution in [0.4, 0.5) is 4.39 Å². The first-order valence-corrected chi connectivity index (χ1v) is 12.6. The van der Waals surface area contributed by atoms with E-state index in [-0.39, 0.29) is 11.7 Å². The van der Waals surface area contributed by atoms with Crippen LogP contribution in [0.3, 0.4) is 0 Å². The number of halogens is 1. The Hall–Kier alpha value is -1.76. The summed E-state index contributed by atoms with van der Waals surface area (Å²) in [5.41, 5.74) is 1.01. The maximum absolute atomic E-state index is 13.3. The number of carbonyl (C=O) groups is 1. The molecule has 4 nitrogen and oxygen atoms in total. The van der Waals surface area contributed by atoms with Crippen LogP contribution in [0.15, 0.2) is 41.8 Å². The van der Waals surface area contributed by atoms with Crippen LogP contribution in [-0.4, -0.2) is 65.9 Å². The lowest BCUT2D eigenvalue weighted by Gasteiger charge is -2.38. The molecule has 4 rings (SSSR count). The Morgan fingerprint density at radius 3 is 2.39 bits per heavy atom. The number of hydrogen-bond donors (Lipinski definition) is 0. The van der Waals surface area contributed by atoms with Crippen molar-refractivity contribution in [3.05, 3.63) is 58.0 Å². The fourth-order valence-electron chi connectivity index (χ4n) is 4.78. The van der Waals surface area contributed by atoms with Crippen molar-refractivity contribution in [1.82, 2.24) is 14.7 Å². The first-order chi connectivity index (χ1) is 15.2. The lowest BCUT2D eigenvalue weighted by Crippen LogP contribution is -2.51. The highest BCUT2D eigenvalue weighted by molar-refractivity contribution is 7.09. The van der Waals surface area contributed by atoms with E-state index in [0.717, 1.165) is 57.5 Å². The molecule has 31 heavy (non-hydrogen) atoms. The first kappa shape index (κ1) is 22.4. The van der Waals surface area contributed by atoms with Gasteiger partial charge < -0.3 is 9.80 Å². The molecule has 0 N–H and O–H groups in total. The van der Waals surface area contributed by atoms with Crippen LogP contribution in [0.1, 0.15) is 42.5 Å². The molecule has 2 fully saturated rings. The van der Waals surface area contributed by atoms with E-state index in [2.05, 4.69) is 32.2 Å². The molecule has 0 spiro atoms. The summed E-state index contributed by atoms with van der Waals surface area (Å²) in [7, 11) is 0. The Morgan fingerprint density at radius 1 is 1.00 bits per heavy atom. The number of benzene rings is 1. The summed E-state index contributed by atoms with van der Waals surface area (Å²) in [5.74, 6) is -0.000460. The van der Waals surface area contributed by atoms with Gasteiger partial charge in [0, 0.05) is 50.2 Å². The van der Waals surface area contributed by atoms with Crippen molar-refractivity contribution in [3.63, 3.8) is 0 Å². The van der Waals surface area contributed by atoms with Gasteiger partial charge in [0.15, 0.2) is 0 Å². The van der Waals surface area contributed by atoms with Crippen LogP contribution in [0, 0.1) is 5.82 Å². The Balaban J connectivity index is 1.30. The van der Waals surface area contributed by atoms with Gasteiger partial charge in [-0.15, -0.1) is 11.3 Å². The number of hydrogen-bond acceptors (Lipinski definition) is 4. The molecule has 1 saturated carbocycles. The van der Waals surface area contributed by atoms with Gasteiger partial charge in [-0.05, 0) is 48.4 Å². The van der Waals surface area contributed by atoms with E-state index in [1.807, 2.05) is 23.5 Å². The van der Waals surface area contributed by atoms with Crippen LogP contribution < -0.4 is 0 Å². The van der Waals surface area contributed by atoms with Gasteiger partial charge in [-0.1, -0.05) is 37.5 Å². The Morgan fingerprint density at radius 2 is 1.71 bits per heavy atom. The average molecular weight is 444 g/mol. The molecule has 2 aromatic rings. The molecule has 1 aromatic heterocycles.